The van der Waals surface area contributed by atoms with Crippen LogP contribution in [0.25, 0.3) is 11.2 Å². The molecule has 0 unspecified atom stereocenters. The number of aryl methyl sites for hydroxylation is 1. The molecule has 3 rings (SSSR count). The van der Waals surface area contributed by atoms with Crippen LogP contribution in [-0.4, -0.2) is 38.8 Å². The minimum absolute atomic E-state index is 0.0550. The van der Waals surface area contributed by atoms with E-state index in [1.807, 2.05) is 0 Å². The number of aromatic nitrogens is 4. The Kier molecular flexibility index (Phi) is 3.43. The third kappa shape index (κ3) is 2.64. The standard InChI is InChI=1S/C12H13ClF3N5/c1-20-6-17-8-9(20)18-11(13)19-10(8)21-4-2-7(3-5-21)12(14,15)16/h6-7H,2-5H2,1H3. The van der Waals surface area contributed by atoms with E-state index in [0.717, 1.165) is 0 Å². The average Bonchev–Trinajstić information content (AvgIpc) is 2.79. The minimum atomic E-state index is -4.13. The van der Waals surface area contributed by atoms with E-state index in [-0.39, 0.29) is 31.2 Å². The fourth-order valence-corrected chi connectivity index (χ4v) is 2.77. The highest BCUT2D eigenvalue weighted by atomic mass is 35.5. The van der Waals surface area contributed by atoms with E-state index >= 15 is 0 Å². The second kappa shape index (κ2) is 5.01. The molecule has 3 heterocycles. The van der Waals surface area contributed by atoms with E-state index in [0.29, 0.717) is 17.0 Å². The molecule has 0 spiro atoms. The normalized spacial score (nSPS) is 17.7. The highest BCUT2D eigenvalue weighted by molar-refractivity contribution is 6.28. The Labute approximate surface area is 123 Å². The lowest BCUT2D eigenvalue weighted by Crippen LogP contribution is -2.39. The van der Waals surface area contributed by atoms with Crippen LogP contribution >= 0.6 is 11.6 Å². The van der Waals surface area contributed by atoms with Crippen molar-refractivity contribution in [3.8, 4) is 0 Å². The summed E-state index contributed by atoms with van der Waals surface area (Å²) < 4.78 is 39.8. The first-order valence-corrected chi connectivity index (χ1v) is 6.90. The molecule has 1 saturated heterocycles. The van der Waals surface area contributed by atoms with Gasteiger partial charge >= 0.3 is 6.18 Å². The van der Waals surface area contributed by atoms with E-state index in [9.17, 15) is 13.2 Å². The van der Waals surface area contributed by atoms with Crippen molar-refractivity contribution in [2.45, 2.75) is 19.0 Å². The zero-order valence-electron chi connectivity index (χ0n) is 11.2. The predicted molar refractivity (Wildman–Crippen MR) is 72.3 cm³/mol. The first kappa shape index (κ1) is 14.4. The zero-order chi connectivity index (χ0) is 15.2. The van der Waals surface area contributed by atoms with Crippen LogP contribution in [0.2, 0.25) is 5.28 Å². The molecule has 114 valence electrons. The number of halogens is 4. The van der Waals surface area contributed by atoms with Crippen molar-refractivity contribution >= 4 is 28.6 Å². The van der Waals surface area contributed by atoms with Gasteiger partial charge in [0, 0.05) is 20.1 Å². The van der Waals surface area contributed by atoms with E-state index in [4.69, 9.17) is 11.6 Å². The van der Waals surface area contributed by atoms with Crippen LogP contribution in [-0.2, 0) is 7.05 Å². The molecule has 21 heavy (non-hydrogen) atoms. The maximum Gasteiger partial charge on any atom is 0.391 e. The molecule has 1 aliphatic heterocycles. The Balaban J connectivity index is 1.89. The first-order chi connectivity index (χ1) is 9.86. The SMILES string of the molecule is Cn1cnc2c(N3CCC(C(F)(F)F)CC3)nc(Cl)nc21. The topological polar surface area (TPSA) is 46.8 Å². The molecular weight excluding hydrogens is 307 g/mol. The second-order valence-electron chi connectivity index (χ2n) is 5.15. The molecule has 0 aromatic carbocycles. The third-order valence-electron chi connectivity index (χ3n) is 3.77. The molecule has 0 saturated carbocycles. The van der Waals surface area contributed by atoms with E-state index in [1.165, 1.54) is 0 Å². The minimum Gasteiger partial charge on any atom is -0.355 e. The number of fused-ring (bicyclic) bond motifs is 1. The van der Waals surface area contributed by atoms with Gasteiger partial charge in [0.15, 0.2) is 17.0 Å². The molecule has 5 nitrogen and oxygen atoms in total. The third-order valence-corrected chi connectivity index (χ3v) is 3.94. The lowest BCUT2D eigenvalue weighted by molar-refractivity contribution is -0.179. The van der Waals surface area contributed by atoms with Crippen LogP contribution in [0.5, 0.6) is 0 Å². The van der Waals surface area contributed by atoms with Crippen LogP contribution < -0.4 is 4.90 Å². The Bertz CT molecular complexity index is 661. The summed E-state index contributed by atoms with van der Waals surface area (Å²) in [7, 11) is 1.78. The number of hydrogen-bond donors (Lipinski definition) is 0. The highest BCUT2D eigenvalue weighted by Crippen LogP contribution is 2.36. The van der Waals surface area contributed by atoms with Gasteiger partial charge in [0.25, 0.3) is 0 Å². The zero-order valence-corrected chi connectivity index (χ0v) is 12.0. The van der Waals surface area contributed by atoms with Gasteiger partial charge < -0.3 is 9.47 Å². The largest absolute Gasteiger partial charge is 0.391 e. The van der Waals surface area contributed by atoms with E-state index < -0.39 is 12.1 Å². The summed E-state index contributed by atoms with van der Waals surface area (Å²) in [6, 6.07) is 0. The van der Waals surface area contributed by atoms with Crippen molar-refractivity contribution in [2.75, 3.05) is 18.0 Å². The fraction of sp³-hybridized carbons (Fsp3) is 0.583. The summed E-state index contributed by atoms with van der Waals surface area (Å²) in [4.78, 5) is 14.3. The summed E-state index contributed by atoms with van der Waals surface area (Å²) in [5, 5.41) is 0.0686. The summed E-state index contributed by atoms with van der Waals surface area (Å²) in [5.74, 6) is -0.739. The number of anilines is 1. The average molecular weight is 320 g/mol. The van der Waals surface area contributed by atoms with Gasteiger partial charge in [-0.2, -0.15) is 23.1 Å². The first-order valence-electron chi connectivity index (χ1n) is 6.52. The van der Waals surface area contributed by atoms with Crippen LogP contribution in [0.4, 0.5) is 19.0 Å². The molecule has 9 heteroatoms. The van der Waals surface area contributed by atoms with Gasteiger partial charge in [-0.15, -0.1) is 0 Å². The van der Waals surface area contributed by atoms with Crippen LogP contribution in [0, 0.1) is 5.92 Å². The Morgan fingerprint density at radius 1 is 1.24 bits per heavy atom. The van der Waals surface area contributed by atoms with Crippen molar-refractivity contribution in [1.82, 2.24) is 19.5 Å². The van der Waals surface area contributed by atoms with Gasteiger partial charge in [0.05, 0.1) is 12.2 Å². The molecule has 2 aromatic rings. The molecule has 0 amide bonds. The van der Waals surface area contributed by atoms with Gasteiger partial charge in [0.1, 0.15) is 0 Å². The summed E-state index contributed by atoms with van der Waals surface area (Å²) in [6.45, 7) is 0.562. The van der Waals surface area contributed by atoms with Gasteiger partial charge in [-0.05, 0) is 24.4 Å². The number of piperidine rings is 1. The van der Waals surface area contributed by atoms with Crippen LogP contribution in [0.15, 0.2) is 6.33 Å². The van der Waals surface area contributed by atoms with E-state index in [1.54, 1.807) is 22.8 Å². The summed E-state index contributed by atoms with van der Waals surface area (Å²) >= 11 is 5.90. The summed E-state index contributed by atoms with van der Waals surface area (Å²) in [5.41, 5.74) is 1.13. The van der Waals surface area contributed by atoms with Gasteiger partial charge in [-0.1, -0.05) is 0 Å². The van der Waals surface area contributed by atoms with Crippen molar-refractivity contribution in [3.63, 3.8) is 0 Å². The summed E-state index contributed by atoms with van der Waals surface area (Å²) in [6.07, 6.45) is -2.43. The monoisotopic (exact) mass is 319 g/mol. The van der Waals surface area contributed by atoms with Crippen LogP contribution in [0.1, 0.15) is 12.8 Å². The molecule has 0 radical (unpaired) electrons. The molecule has 2 aromatic heterocycles. The quantitative estimate of drug-likeness (QED) is 0.758. The number of imidazole rings is 1. The van der Waals surface area contributed by atoms with Crippen molar-refractivity contribution in [2.24, 2.45) is 13.0 Å². The highest BCUT2D eigenvalue weighted by Gasteiger charge is 2.41. The van der Waals surface area contributed by atoms with Crippen molar-refractivity contribution in [3.05, 3.63) is 11.6 Å². The number of nitrogens with zero attached hydrogens (tertiary/aromatic N) is 5. The van der Waals surface area contributed by atoms with Gasteiger partial charge in [-0.3, -0.25) is 0 Å². The molecule has 1 fully saturated rings. The number of alkyl halides is 3. The predicted octanol–water partition coefficient (Wildman–Crippen LogP) is 2.80. The van der Waals surface area contributed by atoms with Gasteiger partial charge in [-0.25, -0.2) is 4.98 Å². The van der Waals surface area contributed by atoms with Gasteiger partial charge in [0.2, 0.25) is 5.28 Å². The Morgan fingerprint density at radius 3 is 2.52 bits per heavy atom. The lowest BCUT2D eigenvalue weighted by Gasteiger charge is -2.33. The lowest BCUT2D eigenvalue weighted by atomic mass is 9.96. The maximum atomic E-state index is 12.7. The van der Waals surface area contributed by atoms with Crippen molar-refractivity contribution in [1.29, 1.82) is 0 Å². The molecule has 0 N–H and O–H groups in total. The molecule has 0 aliphatic carbocycles. The molecule has 0 atom stereocenters. The number of rotatable bonds is 1. The maximum absolute atomic E-state index is 12.7. The molecule has 1 aliphatic rings. The van der Waals surface area contributed by atoms with E-state index in [2.05, 4.69) is 15.0 Å². The van der Waals surface area contributed by atoms with Crippen LogP contribution in [0.3, 0.4) is 0 Å². The van der Waals surface area contributed by atoms with Crippen molar-refractivity contribution < 1.29 is 13.2 Å². The fourth-order valence-electron chi connectivity index (χ4n) is 2.61. The Hall–Kier alpha value is -1.57. The number of hydrogen-bond acceptors (Lipinski definition) is 4. The second-order valence-corrected chi connectivity index (χ2v) is 5.48. The Morgan fingerprint density at radius 2 is 1.90 bits per heavy atom. The molecule has 0 bridgehead atoms. The molecular formula is C12H13ClF3N5. The smallest absolute Gasteiger partial charge is 0.355 e.